The summed E-state index contributed by atoms with van der Waals surface area (Å²) in [5, 5.41) is 10.2. The molecule has 2 nitrogen and oxygen atoms in total. The lowest BCUT2D eigenvalue weighted by Crippen LogP contribution is -2.09. The van der Waals surface area contributed by atoms with Crippen molar-refractivity contribution in [2.24, 2.45) is 0 Å². The lowest BCUT2D eigenvalue weighted by atomic mass is 10.0. The van der Waals surface area contributed by atoms with E-state index in [1.54, 1.807) is 0 Å². The van der Waals surface area contributed by atoms with Gasteiger partial charge in [0.15, 0.2) is 0 Å². The molecule has 0 aliphatic rings. The largest absolute Gasteiger partial charge is 0.491 e. The Morgan fingerprint density at radius 1 is 0.905 bits per heavy atom. The second kappa shape index (κ2) is 7.28. The second-order valence-electron chi connectivity index (χ2n) is 5.65. The van der Waals surface area contributed by atoms with Crippen LogP contribution < -0.4 is 4.74 Å². The number of aryl methyl sites for hydroxylation is 1. The van der Waals surface area contributed by atoms with E-state index in [9.17, 15) is 5.11 Å². The van der Waals surface area contributed by atoms with Gasteiger partial charge < -0.3 is 9.84 Å². The molecule has 0 amide bonds. The monoisotopic (exact) mass is 284 g/mol. The highest BCUT2D eigenvalue weighted by Gasteiger charge is 2.09. The zero-order valence-electron chi connectivity index (χ0n) is 13.0. The van der Waals surface area contributed by atoms with Gasteiger partial charge in [0, 0.05) is 0 Å². The van der Waals surface area contributed by atoms with E-state index < -0.39 is 6.10 Å². The molecule has 0 saturated heterocycles. The van der Waals surface area contributed by atoms with Crippen molar-refractivity contribution in [1.82, 2.24) is 0 Å². The van der Waals surface area contributed by atoms with Gasteiger partial charge in [0.1, 0.15) is 18.5 Å². The fraction of sp³-hybridized carbons (Fsp3) is 0.368. The molecule has 2 aromatic carbocycles. The van der Waals surface area contributed by atoms with Crippen LogP contribution in [0.25, 0.3) is 0 Å². The van der Waals surface area contributed by atoms with Crippen molar-refractivity contribution >= 4 is 0 Å². The Morgan fingerprint density at radius 2 is 1.48 bits per heavy atom. The third-order valence-corrected chi connectivity index (χ3v) is 3.73. The van der Waals surface area contributed by atoms with Crippen LogP contribution in [0.1, 0.15) is 49.5 Å². The summed E-state index contributed by atoms with van der Waals surface area (Å²) in [6.45, 7) is 6.72. The van der Waals surface area contributed by atoms with E-state index in [1.165, 1.54) is 11.1 Å². The number of hydrogen-bond acceptors (Lipinski definition) is 2. The zero-order valence-corrected chi connectivity index (χ0v) is 13.0. The Balaban J connectivity index is 1.92. The fourth-order valence-electron chi connectivity index (χ4n) is 2.20. The third-order valence-electron chi connectivity index (χ3n) is 3.73. The summed E-state index contributed by atoms with van der Waals surface area (Å²) >= 11 is 0. The summed E-state index contributed by atoms with van der Waals surface area (Å²) in [6.07, 6.45) is 0.419. The first-order valence-electron chi connectivity index (χ1n) is 7.59. The predicted molar refractivity (Wildman–Crippen MR) is 86.8 cm³/mol. The Labute approximate surface area is 127 Å². The smallest absolute Gasteiger partial charge is 0.119 e. The summed E-state index contributed by atoms with van der Waals surface area (Å²) in [5.74, 6) is 1.30. The van der Waals surface area contributed by atoms with E-state index in [2.05, 4.69) is 45.0 Å². The van der Waals surface area contributed by atoms with Crippen molar-refractivity contribution in [3.8, 4) is 5.75 Å². The SMILES string of the molecule is CCc1ccc(OCC(O)c2ccc(C(C)C)cc2)cc1. The molecule has 2 heteroatoms. The molecule has 2 rings (SSSR count). The van der Waals surface area contributed by atoms with Crippen LogP contribution in [0.4, 0.5) is 0 Å². The van der Waals surface area contributed by atoms with Gasteiger partial charge in [-0.25, -0.2) is 0 Å². The van der Waals surface area contributed by atoms with E-state index in [0.717, 1.165) is 17.7 Å². The number of rotatable bonds is 6. The molecular formula is C19H24O2. The van der Waals surface area contributed by atoms with Gasteiger partial charge in [0.25, 0.3) is 0 Å². The summed E-state index contributed by atoms with van der Waals surface area (Å²) in [4.78, 5) is 0. The van der Waals surface area contributed by atoms with Gasteiger partial charge in [0.2, 0.25) is 0 Å². The number of aliphatic hydroxyl groups excluding tert-OH is 1. The van der Waals surface area contributed by atoms with Crippen LogP contribution in [0.5, 0.6) is 5.75 Å². The highest BCUT2D eigenvalue weighted by Crippen LogP contribution is 2.20. The molecule has 1 atom stereocenters. The number of benzene rings is 2. The predicted octanol–water partition coefficient (Wildman–Crippen LogP) is 4.48. The van der Waals surface area contributed by atoms with Crippen LogP contribution in [-0.2, 0) is 6.42 Å². The van der Waals surface area contributed by atoms with Gasteiger partial charge in [-0.05, 0) is 41.2 Å². The van der Waals surface area contributed by atoms with E-state index in [-0.39, 0.29) is 6.61 Å². The minimum absolute atomic E-state index is 0.270. The van der Waals surface area contributed by atoms with Crippen molar-refractivity contribution in [2.75, 3.05) is 6.61 Å². The Morgan fingerprint density at radius 3 is 2.00 bits per heavy atom. The summed E-state index contributed by atoms with van der Waals surface area (Å²) in [7, 11) is 0. The van der Waals surface area contributed by atoms with E-state index in [0.29, 0.717) is 5.92 Å². The first kappa shape index (κ1) is 15.6. The molecule has 0 heterocycles. The second-order valence-corrected chi connectivity index (χ2v) is 5.65. The summed E-state index contributed by atoms with van der Waals surface area (Å²) in [6, 6.07) is 16.1. The fourth-order valence-corrected chi connectivity index (χ4v) is 2.20. The van der Waals surface area contributed by atoms with Crippen LogP contribution >= 0.6 is 0 Å². The van der Waals surface area contributed by atoms with E-state index in [1.807, 2.05) is 24.3 Å². The zero-order chi connectivity index (χ0) is 15.2. The number of hydrogen-bond donors (Lipinski definition) is 1. The van der Waals surface area contributed by atoms with Crippen molar-refractivity contribution in [1.29, 1.82) is 0 Å². The normalized spacial score (nSPS) is 12.4. The van der Waals surface area contributed by atoms with Crippen LogP contribution in [0.2, 0.25) is 0 Å². The van der Waals surface area contributed by atoms with Crippen molar-refractivity contribution in [3.05, 3.63) is 65.2 Å². The Kier molecular flexibility index (Phi) is 5.40. The van der Waals surface area contributed by atoms with Gasteiger partial charge in [-0.15, -0.1) is 0 Å². The van der Waals surface area contributed by atoms with Crippen LogP contribution in [0.15, 0.2) is 48.5 Å². The Bertz CT molecular complexity index is 541. The number of aliphatic hydroxyl groups is 1. The molecule has 0 radical (unpaired) electrons. The first-order valence-corrected chi connectivity index (χ1v) is 7.59. The summed E-state index contributed by atoms with van der Waals surface area (Å²) < 4.78 is 5.65. The molecule has 0 aromatic heterocycles. The molecule has 2 aromatic rings. The maximum Gasteiger partial charge on any atom is 0.119 e. The molecule has 1 N–H and O–H groups in total. The van der Waals surface area contributed by atoms with Gasteiger partial charge in [-0.3, -0.25) is 0 Å². The molecule has 0 aliphatic carbocycles. The molecule has 1 unspecified atom stereocenters. The van der Waals surface area contributed by atoms with E-state index >= 15 is 0 Å². The highest BCUT2D eigenvalue weighted by molar-refractivity contribution is 5.28. The molecule has 0 bridgehead atoms. The lowest BCUT2D eigenvalue weighted by Gasteiger charge is -2.14. The highest BCUT2D eigenvalue weighted by atomic mass is 16.5. The molecule has 0 spiro atoms. The van der Waals surface area contributed by atoms with Gasteiger partial charge in [0.05, 0.1) is 0 Å². The molecular weight excluding hydrogens is 260 g/mol. The first-order chi connectivity index (χ1) is 10.1. The average molecular weight is 284 g/mol. The molecule has 0 saturated carbocycles. The lowest BCUT2D eigenvalue weighted by molar-refractivity contribution is 0.108. The van der Waals surface area contributed by atoms with Crippen LogP contribution in [0.3, 0.4) is 0 Å². The van der Waals surface area contributed by atoms with Gasteiger partial charge in [-0.1, -0.05) is 57.2 Å². The third kappa shape index (κ3) is 4.33. The van der Waals surface area contributed by atoms with Gasteiger partial charge >= 0.3 is 0 Å². The topological polar surface area (TPSA) is 29.5 Å². The van der Waals surface area contributed by atoms with Crippen molar-refractivity contribution in [2.45, 2.75) is 39.2 Å². The van der Waals surface area contributed by atoms with Crippen molar-refractivity contribution < 1.29 is 9.84 Å². The molecule has 0 fully saturated rings. The molecule has 112 valence electrons. The minimum Gasteiger partial charge on any atom is -0.491 e. The summed E-state index contributed by atoms with van der Waals surface area (Å²) in [5.41, 5.74) is 3.46. The molecule has 21 heavy (non-hydrogen) atoms. The van der Waals surface area contributed by atoms with Crippen molar-refractivity contribution in [3.63, 3.8) is 0 Å². The van der Waals surface area contributed by atoms with Crippen LogP contribution in [-0.4, -0.2) is 11.7 Å². The molecule has 0 aliphatic heterocycles. The minimum atomic E-state index is -0.600. The van der Waals surface area contributed by atoms with E-state index in [4.69, 9.17) is 4.74 Å². The maximum atomic E-state index is 10.2. The quantitative estimate of drug-likeness (QED) is 0.847. The van der Waals surface area contributed by atoms with Crippen LogP contribution in [0, 0.1) is 0 Å². The Hall–Kier alpha value is -1.80. The standard InChI is InChI=1S/C19H24O2/c1-4-15-5-11-18(12-6-15)21-13-19(20)17-9-7-16(8-10-17)14(2)3/h5-12,14,19-20H,4,13H2,1-3H3. The van der Waals surface area contributed by atoms with Gasteiger partial charge in [-0.2, -0.15) is 0 Å². The number of ether oxygens (including phenoxy) is 1. The average Bonchev–Trinajstić information content (AvgIpc) is 2.53. The maximum absolute atomic E-state index is 10.2.